The zero-order valence-electron chi connectivity index (χ0n) is 19.3. The second-order valence-electron chi connectivity index (χ2n) is 9.05. The summed E-state index contributed by atoms with van der Waals surface area (Å²) in [5.41, 5.74) is 1.46. The summed E-state index contributed by atoms with van der Waals surface area (Å²) in [4.78, 5) is 30.8. The lowest BCUT2D eigenvalue weighted by Crippen LogP contribution is -2.58. The standard InChI is InChI=1S/C25H33N5O4/c31-23(32)21(28-19-7-2-1-3-8-19)25(34)12-16-30(17-13-25)24(33)27-15-5-9-20-11-10-18-6-4-14-26-22(18)29-20/h1-3,7-8,10-11,21,28,34H,4-6,9,12-17H2,(H,26,29)(H,27,33)(H,31,32). The van der Waals surface area contributed by atoms with E-state index in [0.29, 0.717) is 25.3 Å². The number of carboxylic acid groups (broad SMARTS) is 1. The topological polar surface area (TPSA) is 127 Å². The molecule has 2 aliphatic rings. The van der Waals surface area contributed by atoms with Gasteiger partial charge in [-0.3, -0.25) is 0 Å². The molecule has 0 bridgehead atoms. The maximum atomic E-state index is 12.6. The Kier molecular flexibility index (Phi) is 7.52. The smallest absolute Gasteiger partial charge is 0.329 e. The highest BCUT2D eigenvalue weighted by Crippen LogP contribution is 2.28. The summed E-state index contributed by atoms with van der Waals surface area (Å²) in [5, 5.41) is 30.0. The normalized spacial score (nSPS) is 17.7. The number of likely N-dealkylation sites (tertiary alicyclic amines) is 1. The molecule has 1 atom stereocenters. The van der Waals surface area contributed by atoms with Crippen LogP contribution in [0.5, 0.6) is 0 Å². The number of rotatable bonds is 8. The van der Waals surface area contributed by atoms with Crippen LogP contribution in [0.25, 0.3) is 0 Å². The minimum Gasteiger partial charge on any atom is -0.480 e. The molecule has 1 unspecified atom stereocenters. The van der Waals surface area contributed by atoms with Crippen LogP contribution in [0.15, 0.2) is 42.5 Å². The van der Waals surface area contributed by atoms with Crippen molar-refractivity contribution in [3.63, 3.8) is 0 Å². The lowest BCUT2D eigenvalue weighted by molar-refractivity contribution is -0.146. The van der Waals surface area contributed by atoms with Crippen molar-refractivity contribution >= 4 is 23.5 Å². The number of fused-ring (bicyclic) bond motifs is 1. The van der Waals surface area contributed by atoms with Gasteiger partial charge in [0.1, 0.15) is 5.82 Å². The maximum Gasteiger partial charge on any atom is 0.329 e. The highest BCUT2D eigenvalue weighted by atomic mass is 16.4. The van der Waals surface area contributed by atoms with Crippen molar-refractivity contribution in [2.24, 2.45) is 0 Å². The van der Waals surface area contributed by atoms with Gasteiger partial charge in [0.25, 0.3) is 0 Å². The van der Waals surface area contributed by atoms with Crippen molar-refractivity contribution in [1.29, 1.82) is 0 Å². The summed E-state index contributed by atoms with van der Waals surface area (Å²) in [7, 11) is 0. The lowest BCUT2D eigenvalue weighted by atomic mass is 9.84. The van der Waals surface area contributed by atoms with Crippen molar-refractivity contribution in [3.05, 3.63) is 53.7 Å². The zero-order chi connectivity index (χ0) is 24.0. The number of nitrogens with zero attached hydrogens (tertiary/aromatic N) is 2. The number of urea groups is 1. The molecule has 0 aliphatic carbocycles. The van der Waals surface area contributed by atoms with Crippen molar-refractivity contribution in [3.8, 4) is 0 Å². The summed E-state index contributed by atoms with van der Waals surface area (Å²) in [6, 6.07) is 11.8. The lowest BCUT2D eigenvalue weighted by Gasteiger charge is -2.41. The Morgan fingerprint density at radius 3 is 2.65 bits per heavy atom. The molecule has 1 saturated heterocycles. The number of carbonyl (C=O) groups is 2. The molecule has 3 heterocycles. The Hall–Kier alpha value is -3.33. The van der Waals surface area contributed by atoms with Crippen LogP contribution in [-0.2, 0) is 17.6 Å². The van der Waals surface area contributed by atoms with Gasteiger partial charge < -0.3 is 31.1 Å². The number of piperidine rings is 1. The third-order valence-electron chi connectivity index (χ3n) is 6.62. The summed E-state index contributed by atoms with van der Waals surface area (Å²) in [5.74, 6) is -0.134. The summed E-state index contributed by atoms with van der Waals surface area (Å²) >= 11 is 0. The molecule has 182 valence electrons. The van der Waals surface area contributed by atoms with Gasteiger partial charge in [0.05, 0.1) is 5.60 Å². The average molecular weight is 468 g/mol. The van der Waals surface area contributed by atoms with Crippen LogP contribution in [-0.4, -0.2) is 69.9 Å². The van der Waals surface area contributed by atoms with E-state index < -0.39 is 17.6 Å². The largest absolute Gasteiger partial charge is 0.480 e. The van der Waals surface area contributed by atoms with Gasteiger partial charge in [-0.1, -0.05) is 24.3 Å². The number of aliphatic carboxylic acids is 1. The van der Waals surface area contributed by atoms with Crippen LogP contribution in [0.3, 0.4) is 0 Å². The summed E-state index contributed by atoms with van der Waals surface area (Å²) in [6.45, 7) is 2.07. The third-order valence-corrected chi connectivity index (χ3v) is 6.62. The van der Waals surface area contributed by atoms with Crippen LogP contribution < -0.4 is 16.0 Å². The van der Waals surface area contributed by atoms with E-state index >= 15 is 0 Å². The van der Waals surface area contributed by atoms with E-state index in [1.807, 2.05) is 6.07 Å². The Morgan fingerprint density at radius 1 is 1.15 bits per heavy atom. The van der Waals surface area contributed by atoms with Crippen LogP contribution in [0.2, 0.25) is 0 Å². The van der Waals surface area contributed by atoms with E-state index in [-0.39, 0.29) is 18.9 Å². The Morgan fingerprint density at radius 2 is 1.91 bits per heavy atom. The van der Waals surface area contributed by atoms with Gasteiger partial charge in [-0.2, -0.15) is 0 Å². The number of amides is 2. The molecule has 0 radical (unpaired) electrons. The number of pyridine rings is 1. The molecular weight excluding hydrogens is 434 g/mol. The molecule has 1 aromatic heterocycles. The fraction of sp³-hybridized carbons (Fsp3) is 0.480. The third kappa shape index (κ3) is 5.77. The first kappa shape index (κ1) is 23.8. The number of carboxylic acids is 1. The van der Waals surface area contributed by atoms with Crippen molar-refractivity contribution in [2.45, 2.75) is 50.2 Å². The molecule has 0 spiro atoms. The Balaban J connectivity index is 1.22. The minimum atomic E-state index is -1.44. The van der Waals surface area contributed by atoms with Gasteiger partial charge in [0.15, 0.2) is 6.04 Å². The Bertz CT molecular complexity index is 992. The first-order valence-corrected chi connectivity index (χ1v) is 12.0. The van der Waals surface area contributed by atoms with E-state index in [4.69, 9.17) is 0 Å². The van der Waals surface area contributed by atoms with E-state index in [9.17, 15) is 19.8 Å². The molecule has 2 aromatic rings. The highest BCUT2D eigenvalue weighted by molar-refractivity contribution is 5.79. The zero-order valence-corrected chi connectivity index (χ0v) is 19.3. The summed E-state index contributed by atoms with van der Waals surface area (Å²) < 4.78 is 0. The predicted octanol–water partition coefficient (Wildman–Crippen LogP) is 2.47. The molecule has 5 N–H and O–H groups in total. The number of nitrogens with one attached hydrogen (secondary N) is 3. The number of aryl methyl sites for hydroxylation is 2. The van der Waals surface area contributed by atoms with Gasteiger partial charge in [-0.25, -0.2) is 14.6 Å². The van der Waals surface area contributed by atoms with Gasteiger partial charge in [0.2, 0.25) is 0 Å². The average Bonchev–Trinajstić information content (AvgIpc) is 2.86. The van der Waals surface area contributed by atoms with Crippen molar-refractivity contribution < 1.29 is 19.8 Å². The molecule has 4 rings (SSSR count). The second kappa shape index (κ2) is 10.7. The molecule has 9 nitrogen and oxygen atoms in total. The number of aliphatic hydroxyl groups is 1. The van der Waals surface area contributed by atoms with Gasteiger partial charge in [-0.15, -0.1) is 0 Å². The number of hydrogen-bond donors (Lipinski definition) is 5. The molecule has 2 amide bonds. The predicted molar refractivity (Wildman–Crippen MR) is 130 cm³/mol. The van der Waals surface area contributed by atoms with Crippen molar-refractivity contribution in [2.75, 3.05) is 36.8 Å². The number of para-hydroxylation sites is 1. The first-order valence-electron chi connectivity index (χ1n) is 12.0. The summed E-state index contributed by atoms with van der Waals surface area (Å²) in [6.07, 6.45) is 4.12. The molecular formula is C25H33N5O4. The first-order chi connectivity index (χ1) is 16.4. The molecule has 1 fully saturated rings. The monoisotopic (exact) mass is 467 g/mol. The fourth-order valence-corrected chi connectivity index (χ4v) is 4.60. The van der Waals surface area contributed by atoms with Gasteiger partial charge in [0, 0.05) is 37.6 Å². The number of hydrogen-bond acceptors (Lipinski definition) is 6. The molecule has 9 heteroatoms. The molecule has 0 saturated carbocycles. The number of aromatic nitrogens is 1. The molecule has 34 heavy (non-hydrogen) atoms. The van der Waals surface area contributed by atoms with Crippen LogP contribution in [0.1, 0.15) is 36.9 Å². The van der Waals surface area contributed by atoms with Crippen LogP contribution >= 0.6 is 0 Å². The van der Waals surface area contributed by atoms with E-state index in [1.54, 1.807) is 29.2 Å². The molecule has 1 aromatic carbocycles. The fourth-order valence-electron chi connectivity index (χ4n) is 4.60. The van der Waals surface area contributed by atoms with E-state index in [2.05, 4.69) is 33.1 Å². The minimum absolute atomic E-state index is 0.184. The number of carbonyl (C=O) groups excluding carboxylic acids is 1. The van der Waals surface area contributed by atoms with Crippen LogP contribution in [0.4, 0.5) is 16.3 Å². The molecule has 2 aliphatic heterocycles. The quantitative estimate of drug-likeness (QED) is 0.378. The second-order valence-corrected chi connectivity index (χ2v) is 9.05. The highest BCUT2D eigenvalue weighted by Gasteiger charge is 2.44. The maximum absolute atomic E-state index is 12.6. The number of anilines is 2. The number of benzene rings is 1. The van der Waals surface area contributed by atoms with E-state index in [1.165, 1.54) is 5.56 Å². The van der Waals surface area contributed by atoms with Gasteiger partial charge >= 0.3 is 12.0 Å². The van der Waals surface area contributed by atoms with Crippen LogP contribution in [0, 0.1) is 0 Å². The van der Waals surface area contributed by atoms with Crippen molar-refractivity contribution in [1.82, 2.24) is 15.2 Å². The Labute approximate surface area is 199 Å². The van der Waals surface area contributed by atoms with E-state index in [0.717, 1.165) is 43.7 Å². The van der Waals surface area contributed by atoms with Gasteiger partial charge in [-0.05, 0) is 62.3 Å². The SMILES string of the molecule is O=C(O)C(Nc1ccccc1)C1(O)CCN(C(=O)NCCCc2ccc3c(n2)NCCC3)CC1.